The molecular formula is C13H18ClN3O2S. The summed E-state index contributed by atoms with van der Waals surface area (Å²) < 4.78 is 27.2. The molecule has 0 aliphatic carbocycles. The second-order valence-electron chi connectivity index (χ2n) is 4.94. The van der Waals surface area contributed by atoms with E-state index in [1.54, 1.807) is 0 Å². The second-order valence-corrected chi connectivity index (χ2v) is 7.03. The minimum absolute atomic E-state index is 0.0804. The van der Waals surface area contributed by atoms with Gasteiger partial charge in [0.25, 0.3) is 0 Å². The van der Waals surface area contributed by atoms with Gasteiger partial charge in [0.1, 0.15) is 4.90 Å². The third-order valence-electron chi connectivity index (χ3n) is 2.71. The average Bonchev–Trinajstić information content (AvgIpc) is 2.37. The molecule has 5 nitrogen and oxygen atoms in total. The Hall–Kier alpha value is -1.13. The van der Waals surface area contributed by atoms with Crippen LogP contribution >= 0.6 is 11.6 Å². The molecule has 0 heterocycles. The van der Waals surface area contributed by atoms with Crippen LogP contribution in [0.4, 0.5) is 0 Å². The van der Waals surface area contributed by atoms with Crippen molar-refractivity contribution >= 4 is 21.6 Å². The van der Waals surface area contributed by atoms with Crippen LogP contribution < -0.4 is 10.5 Å². The SMILES string of the molecule is CC(C)CC(CN)NS(=O)(=O)c1cc(C#N)ccc1Cl. The third-order valence-corrected chi connectivity index (χ3v) is 4.71. The molecule has 1 rings (SSSR count). The summed E-state index contributed by atoms with van der Waals surface area (Å²) in [7, 11) is -3.79. The van der Waals surface area contributed by atoms with E-state index in [2.05, 4.69) is 4.72 Å². The molecule has 1 aromatic rings. The lowest BCUT2D eigenvalue weighted by Crippen LogP contribution is -2.41. The Morgan fingerprint density at radius 2 is 2.10 bits per heavy atom. The lowest BCUT2D eigenvalue weighted by Gasteiger charge is -2.19. The lowest BCUT2D eigenvalue weighted by molar-refractivity contribution is 0.465. The fraction of sp³-hybridized carbons (Fsp3) is 0.462. The highest BCUT2D eigenvalue weighted by atomic mass is 35.5. The summed E-state index contributed by atoms with van der Waals surface area (Å²) in [5.74, 6) is 0.312. The number of sulfonamides is 1. The maximum absolute atomic E-state index is 12.3. The zero-order valence-electron chi connectivity index (χ0n) is 11.4. The molecule has 0 radical (unpaired) electrons. The summed E-state index contributed by atoms with van der Waals surface area (Å²) in [6, 6.07) is 5.65. The van der Waals surface area contributed by atoms with Crippen molar-refractivity contribution in [2.45, 2.75) is 31.2 Å². The Morgan fingerprint density at radius 1 is 1.45 bits per heavy atom. The van der Waals surface area contributed by atoms with E-state index in [1.807, 2.05) is 19.9 Å². The summed E-state index contributed by atoms with van der Waals surface area (Å²) in [5.41, 5.74) is 5.83. The van der Waals surface area contributed by atoms with E-state index >= 15 is 0 Å². The number of hydrogen-bond donors (Lipinski definition) is 2. The van der Waals surface area contributed by atoms with Gasteiger partial charge in [0.2, 0.25) is 10.0 Å². The van der Waals surface area contributed by atoms with Crippen LogP contribution in [0.1, 0.15) is 25.8 Å². The Labute approximate surface area is 124 Å². The van der Waals surface area contributed by atoms with Gasteiger partial charge in [-0.05, 0) is 30.5 Å². The zero-order chi connectivity index (χ0) is 15.3. The first-order valence-corrected chi connectivity index (χ1v) is 8.08. The van der Waals surface area contributed by atoms with E-state index in [-0.39, 0.29) is 28.1 Å². The summed E-state index contributed by atoms with van der Waals surface area (Å²) in [6.07, 6.45) is 0.630. The van der Waals surface area contributed by atoms with Crippen molar-refractivity contribution in [2.24, 2.45) is 11.7 Å². The molecule has 0 aliphatic heterocycles. The van der Waals surface area contributed by atoms with Gasteiger partial charge >= 0.3 is 0 Å². The number of hydrogen-bond acceptors (Lipinski definition) is 4. The third kappa shape index (κ3) is 4.46. The molecule has 20 heavy (non-hydrogen) atoms. The predicted octanol–water partition coefficient (Wildman–Crippen LogP) is 1.86. The van der Waals surface area contributed by atoms with Gasteiger partial charge < -0.3 is 5.73 Å². The normalized spacial score (nSPS) is 13.2. The van der Waals surface area contributed by atoms with Crippen LogP contribution in [-0.4, -0.2) is 21.0 Å². The zero-order valence-corrected chi connectivity index (χ0v) is 13.0. The molecule has 1 aromatic carbocycles. The molecule has 0 aliphatic rings. The van der Waals surface area contributed by atoms with E-state index in [0.29, 0.717) is 12.3 Å². The molecule has 110 valence electrons. The predicted molar refractivity (Wildman–Crippen MR) is 78.8 cm³/mol. The number of halogens is 1. The number of nitrogens with one attached hydrogen (secondary N) is 1. The molecule has 0 fully saturated rings. The van der Waals surface area contributed by atoms with Gasteiger partial charge in [0, 0.05) is 12.6 Å². The van der Waals surface area contributed by atoms with Gasteiger partial charge in [0.05, 0.1) is 16.7 Å². The maximum Gasteiger partial charge on any atom is 0.242 e. The van der Waals surface area contributed by atoms with Gasteiger partial charge in [-0.1, -0.05) is 25.4 Å². The largest absolute Gasteiger partial charge is 0.329 e. The molecule has 1 atom stereocenters. The first kappa shape index (κ1) is 16.9. The van der Waals surface area contributed by atoms with Crippen molar-refractivity contribution in [3.63, 3.8) is 0 Å². The monoisotopic (exact) mass is 315 g/mol. The van der Waals surface area contributed by atoms with Crippen LogP contribution in [0.25, 0.3) is 0 Å². The van der Waals surface area contributed by atoms with Crippen LogP contribution in [0, 0.1) is 17.2 Å². The standard InChI is InChI=1S/C13H18ClN3O2S/c1-9(2)5-11(8-16)17-20(18,19)13-6-10(7-15)3-4-12(13)14/h3-4,6,9,11,17H,5,8,16H2,1-2H3. The van der Waals surface area contributed by atoms with E-state index in [1.165, 1.54) is 18.2 Å². The first-order valence-electron chi connectivity index (χ1n) is 6.22. The lowest BCUT2D eigenvalue weighted by atomic mass is 10.1. The van der Waals surface area contributed by atoms with E-state index in [9.17, 15) is 8.42 Å². The molecule has 0 aromatic heterocycles. The number of rotatable bonds is 6. The van der Waals surface area contributed by atoms with Crippen molar-refractivity contribution in [2.75, 3.05) is 6.54 Å². The summed E-state index contributed by atoms with van der Waals surface area (Å²) in [6.45, 7) is 4.17. The topological polar surface area (TPSA) is 96.0 Å². The van der Waals surface area contributed by atoms with Gasteiger partial charge in [-0.3, -0.25) is 0 Å². The fourth-order valence-electron chi connectivity index (χ4n) is 1.82. The van der Waals surface area contributed by atoms with Crippen molar-refractivity contribution in [1.29, 1.82) is 5.26 Å². The summed E-state index contributed by atoms with van der Waals surface area (Å²) >= 11 is 5.91. The number of nitrogens with zero attached hydrogens (tertiary/aromatic N) is 1. The highest BCUT2D eigenvalue weighted by molar-refractivity contribution is 7.89. The van der Waals surface area contributed by atoms with E-state index < -0.39 is 10.0 Å². The van der Waals surface area contributed by atoms with Crippen LogP contribution in [0.2, 0.25) is 5.02 Å². The van der Waals surface area contributed by atoms with Crippen molar-refractivity contribution in [3.05, 3.63) is 28.8 Å². The molecule has 0 amide bonds. The second kappa shape index (κ2) is 7.04. The number of nitriles is 1. The molecule has 0 spiro atoms. The molecule has 0 bridgehead atoms. The highest BCUT2D eigenvalue weighted by Gasteiger charge is 2.22. The highest BCUT2D eigenvalue weighted by Crippen LogP contribution is 2.23. The van der Waals surface area contributed by atoms with E-state index in [0.717, 1.165) is 0 Å². The Bertz CT molecular complexity index is 609. The minimum atomic E-state index is -3.79. The first-order chi connectivity index (χ1) is 9.30. The molecule has 0 saturated heterocycles. The molecule has 0 saturated carbocycles. The Morgan fingerprint density at radius 3 is 2.60 bits per heavy atom. The van der Waals surface area contributed by atoms with Gasteiger partial charge in [-0.2, -0.15) is 5.26 Å². The minimum Gasteiger partial charge on any atom is -0.329 e. The average molecular weight is 316 g/mol. The van der Waals surface area contributed by atoms with Crippen molar-refractivity contribution < 1.29 is 8.42 Å². The van der Waals surface area contributed by atoms with Gasteiger partial charge in [-0.25, -0.2) is 13.1 Å². The summed E-state index contributed by atoms with van der Waals surface area (Å²) in [5, 5.41) is 8.92. The smallest absolute Gasteiger partial charge is 0.242 e. The van der Waals surface area contributed by atoms with Crippen LogP contribution in [0.15, 0.2) is 23.1 Å². The van der Waals surface area contributed by atoms with Crippen LogP contribution in [-0.2, 0) is 10.0 Å². The van der Waals surface area contributed by atoms with E-state index in [4.69, 9.17) is 22.6 Å². The molecule has 3 N–H and O–H groups in total. The fourth-order valence-corrected chi connectivity index (χ4v) is 3.61. The van der Waals surface area contributed by atoms with Crippen LogP contribution in [0.5, 0.6) is 0 Å². The molecule has 7 heteroatoms. The van der Waals surface area contributed by atoms with Gasteiger partial charge in [0.15, 0.2) is 0 Å². The maximum atomic E-state index is 12.3. The number of benzene rings is 1. The Kier molecular flexibility index (Phi) is 5.96. The molecular weight excluding hydrogens is 298 g/mol. The van der Waals surface area contributed by atoms with Crippen molar-refractivity contribution in [1.82, 2.24) is 4.72 Å². The number of nitrogens with two attached hydrogens (primary N) is 1. The Balaban J connectivity index is 3.08. The molecule has 1 unspecified atom stereocenters. The van der Waals surface area contributed by atoms with Crippen molar-refractivity contribution in [3.8, 4) is 6.07 Å². The summed E-state index contributed by atoms with van der Waals surface area (Å²) in [4.78, 5) is -0.0968. The quantitative estimate of drug-likeness (QED) is 0.837. The van der Waals surface area contributed by atoms with Crippen LogP contribution in [0.3, 0.4) is 0 Å². The van der Waals surface area contributed by atoms with Gasteiger partial charge in [-0.15, -0.1) is 0 Å².